The van der Waals surface area contributed by atoms with E-state index in [0.717, 1.165) is 36.1 Å². The zero-order valence-electron chi connectivity index (χ0n) is 15.9. The molecule has 1 aliphatic carbocycles. The maximum Gasteiger partial charge on any atom is 0.240 e. The fourth-order valence-electron chi connectivity index (χ4n) is 3.97. The maximum atomic E-state index is 12.7. The molecular weight excluding hydrogens is 376 g/mol. The summed E-state index contributed by atoms with van der Waals surface area (Å²) in [6, 6.07) is 9.07. The van der Waals surface area contributed by atoms with E-state index in [4.69, 9.17) is 4.74 Å². The first-order valence-electron chi connectivity index (χ1n) is 9.57. The summed E-state index contributed by atoms with van der Waals surface area (Å²) in [7, 11) is -1.96. The van der Waals surface area contributed by atoms with Crippen LogP contribution in [0.25, 0.3) is 0 Å². The van der Waals surface area contributed by atoms with E-state index in [-0.39, 0.29) is 10.8 Å². The van der Waals surface area contributed by atoms with Gasteiger partial charge in [0.15, 0.2) is 0 Å². The van der Waals surface area contributed by atoms with E-state index in [1.54, 1.807) is 19.2 Å². The molecule has 0 unspecified atom stereocenters. The Morgan fingerprint density at radius 1 is 1.04 bits per heavy atom. The predicted octanol–water partition coefficient (Wildman–Crippen LogP) is 2.59. The maximum absolute atomic E-state index is 12.7. The zero-order chi connectivity index (χ0) is 19.7. The first-order chi connectivity index (χ1) is 13.5. The van der Waals surface area contributed by atoms with Gasteiger partial charge in [-0.2, -0.15) is 0 Å². The molecule has 2 aromatic carbocycles. The molecule has 0 atom stereocenters. The first kappa shape index (κ1) is 19.0. The molecular formula is C21H24N2O4S. The smallest absolute Gasteiger partial charge is 0.240 e. The number of rotatable bonds is 6. The second kappa shape index (κ2) is 7.56. The molecule has 0 spiro atoms. The molecule has 148 valence electrons. The molecule has 7 heteroatoms. The number of amides is 1. The van der Waals surface area contributed by atoms with Gasteiger partial charge < -0.3 is 10.1 Å². The normalized spacial score (nSPS) is 15.7. The highest BCUT2D eigenvalue weighted by Gasteiger charge is 2.20. The summed E-state index contributed by atoms with van der Waals surface area (Å²) in [5, 5.41) is 2.77. The topological polar surface area (TPSA) is 84.5 Å². The van der Waals surface area contributed by atoms with Gasteiger partial charge in [-0.25, -0.2) is 13.1 Å². The summed E-state index contributed by atoms with van der Waals surface area (Å²) < 4.78 is 33.6. The number of aryl methyl sites for hydroxylation is 3. The van der Waals surface area contributed by atoms with Crippen LogP contribution in [0.4, 0.5) is 5.69 Å². The number of hydrogen-bond donors (Lipinski definition) is 2. The van der Waals surface area contributed by atoms with E-state index in [1.165, 1.54) is 17.2 Å². The number of methoxy groups -OCH3 is 1. The monoisotopic (exact) mass is 400 g/mol. The minimum atomic E-state index is -3.61. The molecule has 0 saturated carbocycles. The van der Waals surface area contributed by atoms with E-state index in [0.29, 0.717) is 31.5 Å². The summed E-state index contributed by atoms with van der Waals surface area (Å²) in [5.41, 5.74) is 5.25. The zero-order valence-corrected chi connectivity index (χ0v) is 16.7. The average Bonchev–Trinajstić information content (AvgIpc) is 3.14. The third kappa shape index (κ3) is 3.77. The van der Waals surface area contributed by atoms with Crippen LogP contribution < -0.4 is 14.8 Å². The van der Waals surface area contributed by atoms with E-state index in [2.05, 4.69) is 22.2 Å². The number of anilines is 1. The van der Waals surface area contributed by atoms with Crippen molar-refractivity contribution < 1.29 is 17.9 Å². The van der Waals surface area contributed by atoms with Gasteiger partial charge >= 0.3 is 0 Å². The molecule has 0 saturated heterocycles. The number of carbonyl (C=O) groups is 1. The lowest BCUT2D eigenvalue weighted by Gasteiger charge is -2.18. The lowest BCUT2D eigenvalue weighted by atomic mass is 10.0. The number of ether oxygens (including phenoxy) is 1. The molecule has 2 N–H and O–H groups in total. The highest BCUT2D eigenvalue weighted by molar-refractivity contribution is 7.89. The molecule has 28 heavy (non-hydrogen) atoms. The Kier molecular flexibility index (Phi) is 5.12. The summed E-state index contributed by atoms with van der Waals surface area (Å²) in [6.45, 7) is 0.297. The van der Waals surface area contributed by atoms with Crippen molar-refractivity contribution in [1.82, 2.24) is 4.72 Å². The lowest BCUT2D eigenvalue weighted by Crippen LogP contribution is -2.27. The number of sulfonamides is 1. The number of fused-ring (bicyclic) bond motifs is 2. The van der Waals surface area contributed by atoms with E-state index in [1.807, 2.05) is 0 Å². The minimum Gasteiger partial charge on any atom is -0.496 e. The van der Waals surface area contributed by atoms with Gasteiger partial charge in [-0.05, 0) is 78.6 Å². The SMILES string of the molecule is COc1cc2c(cc1CCNS(=O)(=O)c1ccc3c(c1)CCC(=O)N3)CCC2. The van der Waals surface area contributed by atoms with Gasteiger partial charge in [0.2, 0.25) is 15.9 Å². The van der Waals surface area contributed by atoms with Gasteiger partial charge in [0.25, 0.3) is 0 Å². The van der Waals surface area contributed by atoms with Crippen LogP contribution >= 0.6 is 0 Å². The van der Waals surface area contributed by atoms with Crippen LogP contribution in [-0.4, -0.2) is 28.0 Å². The summed E-state index contributed by atoms with van der Waals surface area (Å²) in [4.78, 5) is 11.7. The number of benzene rings is 2. The molecule has 0 aromatic heterocycles. The van der Waals surface area contributed by atoms with Crippen molar-refractivity contribution in [3.63, 3.8) is 0 Å². The van der Waals surface area contributed by atoms with Gasteiger partial charge in [0.05, 0.1) is 12.0 Å². The van der Waals surface area contributed by atoms with Crippen LogP contribution in [0.3, 0.4) is 0 Å². The van der Waals surface area contributed by atoms with Crippen LogP contribution in [0.1, 0.15) is 35.1 Å². The van der Waals surface area contributed by atoms with Gasteiger partial charge in [-0.1, -0.05) is 6.07 Å². The first-order valence-corrected chi connectivity index (χ1v) is 11.1. The average molecular weight is 401 g/mol. The Morgan fingerprint density at radius 2 is 1.82 bits per heavy atom. The Morgan fingerprint density at radius 3 is 2.61 bits per heavy atom. The second-order valence-electron chi connectivity index (χ2n) is 7.30. The molecule has 0 fully saturated rings. The molecule has 2 aromatic rings. The Labute approximate surface area is 165 Å². The quantitative estimate of drug-likeness (QED) is 0.781. The van der Waals surface area contributed by atoms with Gasteiger partial charge in [0, 0.05) is 18.7 Å². The Balaban J connectivity index is 1.46. The number of hydrogen-bond acceptors (Lipinski definition) is 4. The highest BCUT2D eigenvalue weighted by atomic mass is 32.2. The standard InChI is InChI=1S/C21H24N2O4S/c1-27-20-13-15-4-2-3-14(15)11-17(20)9-10-22-28(25,26)18-6-7-19-16(12-18)5-8-21(24)23-19/h6-7,11-13,22H,2-5,8-10H2,1H3,(H,23,24). The van der Waals surface area contributed by atoms with Gasteiger partial charge in [-0.3, -0.25) is 4.79 Å². The molecule has 2 aliphatic rings. The second-order valence-corrected chi connectivity index (χ2v) is 9.07. The fraction of sp³-hybridized carbons (Fsp3) is 0.381. The number of nitrogens with one attached hydrogen (secondary N) is 2. The molecule has 1 amide bonds. The van der Waals surface area contributed by atoms with Crippen molar-refractivity contribution >= 4 is 21.6 Å². The molecule has 4 rings (SSSR count). The van der Waals surface area contributed by atoms with Crippen LogP contribution in [-0.2, 0) is 40.5 Å². The summed E-state index contributed by atoms with van der Waals surface area (Å²) in [5.74, 6) is 0.786. The molecule has 0 bridgehead atoms. The Hall–Kier alpha value is -2.38. The Bertz CT molecular complexity index is 1030. The lowest BCUT2D eigenvalue weighted by molar-refractivity contribution is -0.116. The van der Waals surface area contributed by atoms with E-state index in [9.17, 15) is 13.2 Å². The third-order valence-corrected chi connectivity index (χ3v) is 6.92. The number of carbonyl (C=O) groups excluding carboxylic acids is 1. The molecule has 6 nitrogen and oxygen atoms in total. The summed E-state index contributed by atoms with van der Waals surface area (Å²) in [6.07, 6.45) is 4.81. The van der Waals surface area contributed by atoms with E-state index < -0.39 is 10.0 Å². The van der Waals surface area contributed by atoms with Crippen molar-refractivity contribution in [3.05, 3.63) is 52.6 Å². The van der Waals surface area contributed by atoms with E-state index >= 15 is 0 Å². The minimum absolute atomic E-state index is 0.0375. The largest absolute Gasteiger partial charge is 0.496 e. The van der Waals surface area contributed by atoms with Crippen LogP contribution in [0.5, 0.6) is 5.75 Å². The van der Waals surface area contributed by atoms with Crippen molar-refractivity contribution in [3.8, 4) is 5.75 Å². The highest BCUT2D eigenvalue weighted by Crippen LogP contribution is 2.30. The van der Waals surface area contributed by atoms with Crippen LogP contribution in [0.2, 0.25) is 0 Å². The van der Waals surface area contributed by atoms with Crippen LogP contribution in [0.15, 0.2) is 35.2 Å². The molecule has 1 aliphatic heterocycles. The summed E-state index contributed by atoms with van der Waals surface area (Å²) >= 11 is 0. The van der Waals surface area contributed by atoms with Gasteiger partial charge in [0.1, 0.15) is 5.75 Å². The fourth-order valence-corrected chi connectivity index (χ4v) is 5.05. The van der Waals surface area contributed by atoms with Crippen molar-refractivity contribution in [1.29, 1.82) is 0 Å². The third-order valence-electron chi connectivity index (χ3n) is 5.46. The van der Waals surface area contributed by atoms with Crippen LogP contribution in [0, 0.1) is 0 Å². The van der Waals surface area contributed by atoms with Crippen molar-refractivity contribution in [2.75, 3.05) is 19.0 Å². The van der Waals surface area contributed by atoms with Crippen molar-refractivity contribution in [2.24, 2.45) is 0 Å². The van der Waals surface area contributed by atoms with Gasteiger partial charge in [-0.15, -0.1) is 0 Å². The predicted molar refractivity (Wildman–Crippen MR) is 107 cm³/mol. The molecule has 0 radical (unpaired) electrons. The van der Waals surface area contributed by atoms with Crippen molar-refractivity contribution in [2.45, 2.75) is 43.4 Å². The molecule has 1 heterocycles.